The number of nitrogens with zero attached hydrogens (tertiary/aromatic N) is 1. The quantitative estimate of drug-likeness (QED) is 0.718. The van der Waals surface area contributed by atoms with E-state index >= 15 is 0 Å². The molecule has 0 bridgehead atoms. The van der Waals surface area contributed by atoms with Gasteiger partial charge in [0.15, 0.2) is 0 Å². The summed E-state index contributed by atoms with van der Waals surface area (Å²) in [6.07, 6.45) is 1.60. The Bertz CT molecular complexity index is 264. The first-order chi connectivity index (χ1) is 5.74. The standard InChI is InChI=1S/C7H11BrN4/c8-6-3-5(10)4-12-7(6)11-2-1-9/h3-4H,1-2,9-10H2,(H,11,12). The normalized spacial score (nSPS) is 9.83. The molecule has 0 aliphatic heterocycles. The molecule has 0 radical (unpaired) electrons. The summed E-state index contributed by atoms with van der Waals surface area (Å²) in [6.45, 7) is 1.29. The molecule has 5 heteroatoms. The van der Waals surface area contributed by atoms with Gasteiger partial charge in [-0.1, -0.05) is 0 Å². The van der Waals surface area contributed by atoms with Crippen LogP contribution < -0.4 is 16.8 Å². The van der Waals surface area contributed by atoms with Crippen molar-refractivity contribution in [3.05, 3.63) is 16.7 Å². The molecule has 0 unspecified atom stereocenters. The van der Waals surface area contributed by atoms with Crippen LogP contribution in [0.3, 0.4) is 0 Å². The first-order valence-electron chi connectivity index (χ1n) is 3.59. The maximum atomic E-state index is 5.51. The SMILES string of the molecule is NCCNc1ncc(N)cc1Br. The van der Waals surface area contributed by atoms with Crippen LogP contribution in [0.2, 0.25) is 0 Å². The van der Waals surface area contributed by atoms with Crippen molar-refractivity contribution >= 4 is 27.4 Å². The Labute approximate surface area is 79.5 Å². The molecule has 4 nitrogen and oxygen atoms in total. The number of nitrogens with two attached hydrogens (primary N) is 2. The average Bonchev–Trinajstić information content (AvgIpc) is 2.03. The molecule has 0 aliphatic rings. The van der Waals surface area contributed by atoms with E-state index in [1.54, 1.807) is 12.3 Å². The molecule has 0 amide bonds. The van der Waals surface area contributed by atoms with Crippen molar-refractivity contribution < 1.29 is 0 Å². The molecule has 1 heterocycles. The van der Waals surface area contributed by atoms with Gasteiger partial charge in [-0.25, -0.2) is 4.98 Å². The highest BCUT2D eigenvalue weighted by Crippen LogP contribution is 2.21. The van der Waals surface area contributed by atoms with Gasteiger partial charge >= 0.3 is 0 Å². The fourth-order valence-corrected chi connectivity index (χ4v) is 1.28. The largest absolute Gasteiger partial charge is 0.397 e. The van der Waals surface area contributed by atoms with Gasteiger partial charge in [0.1, 0.15) is 5.82 Å². The third-order valence-corrected chi connectivity index (χ3v) is 1.90. The van der Waals surface area contributed by atoms with Crippen LogP contribution in [0.4, 0.5) is 11.5 Å². The monoisotopic (exact) mass is 230 g/mol. The number of aromatic nitrogens is 1. The number of rotatable bonds is 3. The lowest BCUT2D eigenvalue weighted by atomic mass is 10.4. The van der Waals surface area contributed by atoms with Crippen LogP contribution in [-0.4, -0.2) is 18.1 Å². The highest BCUT2D eigenvalue weighted by atomic mass is 79.9. The molecular formula is C7H11BrN4. The predicted octanol–water partition coefficient (Wildman–Crippen LogP) is 0.797. The number of pyridine rings is 1. The van der Waals surface area contributed by atoms with E-state index in [2.05, 4.69) is 26.2 Å². The van der Waals surface area contributed by atoms with E-state index < -0.39 is 0 Å². The van der Waals surface area contributed by atoms with Crippen molar-refractivity contribution in [3.8, 4) is 0 Å². The van der Waals surface area contributed by atoms with Crippen molar-refractivity contribution in [2.24, 2.45) is 5.73 Å². The first kappa shape index (κ1) is 9.28. The Hall–Kier alpha value is -0.810. The number of halogens is 1. The van der Waals surface area contributed by atoms with Crippen molar-refractivity contribution in [1.82, 2.24) is 4.98 Å². The van der Waals surface area contributed by atoms with Crippen molar-refractivity contribution in [3.63, 3.8) is 0 Å². The summed E-state index contributed by atoms with van der Waals surface area (Å²) >= 11 is 3.33. The molecular weight excluding hydrogens is 220 g/mol. The first-order valence-corrected chi connectivity index (χ1v) is 4.38. The van der Waals surface area contributed by atoms with E-state index in [1.165, 1.54) is 0 Å². The number of hydrogen-bond acceptors (Lipinski definition) is 4. The van der Waals surface area contributed by atoms with Gasteiger partial charge in [0.25, 0.3) is 0 Å². The molecule has 5 N–H and O–H groups in total. The molecule has 0 saturated heterocycles. The summed E-state index contributed by atoms with van der Waals surface area (Å²) < 4.78 is 0.857. The second-order valence-corrected chi connectivity index (χ2v) is 3.17. The maximum Gasteiger partial charge on any atom is 0.140 e. The zero-order valence-electron chi connectivity index (χ0n) is 6.55. The Balaban J connectivity index is 2.72. The molecule has 0 aromatic carbocycles. The Morgan fingerprint density at radius 2 is 2.33 bits per heavy atom. The molecule has 0 aliphatic carbocycles. The lowest BCUT2D eigenvalue weighted by Crippen LogP contribution is -2.14. The maximum absolute atomic E-state index is 5.51. The summed E-state index contributed by atoms with van der Waals surface area (Å²) in [7, 11) is 0. The molecule has 12 heavy (non-hydrogen) atoms. The second kappa shape index (κ2) is 4.27. The highest BCUT2D eigenvalue weighted by Gasteiger charge is 1.99. The van der Waals surface area contributed by atoms with Gasteiger partial charge in [-0.15, -0.1) is 0 Å². The zero-order valence-corrected chi connectivity index (χ0v) is 8.13. The molecule has 66 valence electrons. The van der Waals surface area contributed by atoms with E-state index in [0.717, 1.165) is 10.3 Å². The van der Waals surface area contributed by atoms with Crippen LogP contribution in [0, 0.1) is 0 Å². The summed E-state index contributed by atoms with van der Waals surface area (Å²) in [5.74, 6) is 0.773. The van der Waals surface area contributed by atoms with E-state index in [-0.39, 0.29) is 0 Å². The minimum absolute atomic E-state index is 0.582. The molecule has 1 rings (SSSR count). The topological polar surface area (TPSA) is 77.0 Å². The molecule has 1 aromatic rings. The van der Waals surface area contributed by atoms with Crippen LogP contribution in [-0.2, 0) is 0 Å². The summed E-state index contributed by atoms with van der Waals surface area (Å²) in [6, 6.07) is 1.80. The lowest BCUT2D eigenvalue weighted by Gasteiger charge is -2.05. The van der Waals surface area contributed by atoms with Gasteiger partial charge < -0.3 is 16.8 Å². The Kier molecular flexibility index (Phi) is 3.31. The number of hydrogen-bond donors (Lipinski definition) is 3. The van der Waals surface area contributed by atoms with E-state index in [1.807, 2.05) is 0 Å². The van der Waals surface area contributed by atoms with Crippen LogP contribution >= 0.6 is 15.9 Å². The van der Waals surface area contributed by atoms with Crippen LogP contribution in [0.1, 0.15) is 0 Å². The molecule has 0 saturated carbocycles. The van der Waals surface area contributed by atoms with Gasteiger partial charge in [0.05, 0.1) is 16.4 Å². The summed E-state index contributed by atoms with van der Waals surface area (Å²) in [5, 5.41) is 3.05. The summed E-state index contributed by atoms with van der Waals surface area (Å²) in [4.78, 5) is 4.08. The number of anilines is 2. The van der Waals surface area contributed by atoms with Gasteiger partial charge in [-0.05, 0) is 22.0 Å². The Morgan fingerprint density at radius 1 is 1.58 bits per heavy atom. The lowest BCUT2D eigenvalue weighted by molar-refractivity contribution is 1.01. The molecule has 1 aromatic heterocycles. The van der Waals surface area contributed by atoms with Gasteiger partial charge in [0, 0.05) is 13.1 Å². The van der Waals surface area contributed by atoms with Crippen molar-refractivity contribution in [2.45, 2.75) is 0 Å². The molecule has 0 fully saturated rings. The van der Waals surface area contributed by atoms with Gasteiger partial charge in [-0.2, -0.15) is 0 Å². The van der Waals surface area contributed by atoms with Crippen molar-refractivity contribution in [2.75, 3.05) is 24.1 Å². The third-order valence-electron chi connectivity index (χ3n) is 1.30. The fraction of sp³-hybridized carbons (Fsp3) is 0.286. The van der Waals surface area contributed by atoms with E-state index in [0.29, 0.717) is 18.8 Å². The fourth-order valence-electron chi connectivity index (χ4n) is 0.773. The smallest absolute Gasteiger partial charge is 0.140 e. The highest BCUT2D eigenvalue weighted by molar-refractivity contribution is 9.10. The minimum atomic E-state index is 0.582. The van der Waals surface area contributed by atoms with Crippen LogP contribution in [0.25, 0.3) is 0 Å². The van der Waals surface area contributed by atoms with Gasteiger partial charge in [0.2, 0.25) is 0 Å². The third kappa shape index (κ3) is 2.35. The second-order valence-electron chi connectivity index (χ2n) is 2.31. The van der Waals surface area contributed by atoms with Gasteiger partial charge in [-0.3, -0.25) is 0 Å². The number of nitrogen functional groups attached to an aromatic ring is 1. The van der Waals surface area contributed by atoms with E-state index in [9.17, 15) is 0 Å². The Morgan fingerprint density at radius 3 is 2.92 bits per heavy atom. The molecule has 0 atom stereocenters. The zero-order chi connectivity index (χ0) is 8.97. The number of nitrogens with one attached hydrogen (secondary N) is 1. The van der Waals surface area contributed by atoms with Crippen LogP contribution in [0.15, 0.2) is 16.7 Å². The van der Waals surface area contributed by atoms with Crippen molar-refractivity contribution in [1.29, 1.82) is 0 Å². The van der Waals surface area contributed by atoms with E-state index in [4.69, 9.17) is 11.5 Å². The average molecular weight is 231 g/mol. The molecule has 0 spiro atoms. The van der Waals surface area contributed by atoms with Crippen LogP contribution in [0.5, 0.6) is 0 Å². The summed E-state index contributed by atoms with van der Waals surface area (Å²) in [5.41, 5.74) is 11.5. The minimum Gasteiger partial charge on any atom is -0.397 e. The predicted molar refractivity (Wildman–Crippen MR) is 53.9 cm³/mol.